The summed E-state index contributed by atoms with van der Waals surface area (Å²) in [5, 5.41) is 3.29. The van der Waals surface area contributed by atoms with Crippen molar-refractivity contribution in [1.82, 2.24) is 20.2 Å². The van der Waals surface area contributed by atoms with Gasteiger partial charge in [0.15, 0.2) is 0 Å². The first-order valence-electron chi connectivity index (χ1n) is 5.52. The Morgan fingerprint density at radius 1 is 1.41 bits per heavy atom. The molecular weight excluding hydrogens is 286 g/mol. The van der Waals surface area contributed by atoms with E-state index in [0.29, 0.717) is 12.5 Å². The minimum Gasteiger partial charge on any atom is -0.317 e. The fraction of sp³-hybridized carbons (Fsp3) is 0.500. The smallest absolute Gasteiger partial charge is 0.317 e. The first-order chi connectivity index (χ1) is 8.25. The van der Waals surface area contributed by atoms with Gasteiger partial charge in [-0.05, 0) is 15.9 Å². The van der Waals surface area contributed by atoms with Crippen molar-refractivity contribution in [3.05, 3.63) is 16.9 Å². The van der Waals surface area contributed by atoms with Gasteiger partial charge < -0.3 is 10.2 Å². The van der Waals surface area contributed by atoms with Crippen LogP contribution in [0.2, 0.25) is 0 Å². The maximum absolute atomic E-state index is 12.2. The molecule has 0 aliphatic carbocycles. The maximum atomic E-state index is 12.2. The molecule has 0 spiro atoms. The van der Waals surface area contributed by atoms with Crippen LogP contribution in [0.25, 0.3) is 0 Å². The van der Waals surface area contributed by atoms with Crippen LogP contribution in [0.15, 0.2) is 16.9 Å². The van der Waals surface area contributed by atoms with Crippen molar-refractivity contribution >= 4 is 27.9 Å². The van der Waals surface area contributed by atoms with E-state index in [0.717, 1.165) is 24.1 Å². The number of amides is 2. The minimum atomic E-state index is 0.0128. The molecule has 2 amide bonds. The van der Waals surface area contributed by atoms with E-state index in [1.54, 1.807) is 17.3 Å². The summed E-state index contributed by atoms with van der Waals surface area (Å²) in [5.41, 5.74) is 0. The van der Waals surface area contributed by atoms with Gasteiger partial charge in [-0.15, -0.1) is 0 Å². The van der Waals surface area contributed by atoms with Gasteiger partial charge in [-0.25, -0.2) is 14.8 Å². The second kappa shape index (κ2) is 4.23. The van der Waals surface area contributed by atoms with E-state index in [1.807, 2.05) is 4.90 Å². The van der Waals surface area contributed by atoms with Crippen LogP contribution in [0.1, 0.15) is 0 Å². The number of nitrogens with one attached hydrogen (secondary N) is 1. The third-order valence-electron chi connectivity index (χ3n) is 3.07. The van der Waals surface area contributed by atoms with Crippen LogP contribution < -0.4 is 10.2 Å². The molecule has 1 N–H and O–H groups in total. The van der Waals surface area contributed by atoms with E-state index in [9.17, 15) is 4.79 Å². The summed E-state index contributed by atoms with van der Waals surface area (Å²) in [6, 6.07) is 0.252. The molecule has 7 heteroatoms. The molecule has 2 saturated heterocycles. The van der Waals surface area contributed by atoms with Crippen molar-refractivity contribution in [2.24, 2.45) is 0 Å². The number of rotatable bonds is 1. The van der Waals surface area contributed by atoms with Crippen LogP contribution in [0, 0.1) is 0 Å². The summed E-state index contributed by atoms with van der Waals surface area (Å²) >= 11 is 3.28. The molecule has 0 bridgehead atoms. The predicted octanol–water partition coefficient (Wildman–Crippen LogP) is 0.453. The van der Waals surface area contributed by atoms with E-state index in [-0.39, 0.29) is 12.1 Å². The lowest BCUT2D eigenvalue weighted by Crippen LogP contribution is -2.49. The molecule has 2 aliphatic heterocycles. The Labute approximate surface area is 107 Å². The highest BCUT2D eigenvalue weighted by molar-refractivity contribution is 9.10. The number of fused-ring (bicyclic) bond motifs is 1. The average molecular weight is 298 g/mol. The summed E-state index contributed by atoms with van der Waals surface area (Å²) in [5.74, 6) is 0.479. The monoisotopic (exact) mass is 297 g/mol. The molecule has 3 rings (SSSR count). The fourth-order valence-electron chi connectivity index (χ4n) is 2.23. The molecule has 0 radical (unpaired) electrons. The Kier molecular flexibility index (Phi) is 2.71. The molecule has 2 fully saturated rings. The molecule has 17 heavy (non-hydrogen) atoms. The summed E-state index contributed by atoms with van der Waals surface area (Å²) in [7, 11) is 0. The Hall–Kier alpha value is -1.21. The SMILES string of the molecule is O=C1N(c2ncc(Br)cn2)C[C@H]2CNCCN12. The summed E-state index contributed by atoms with van der Waals surface area (Å²) in [6.07, 6.45) is 3.32. The second-order valence-corrected chi connectivity index (χ2v) is 5.06. The Balaban J connectivity index is 1.85. The van der Waals surface area contributed by atoms with Gasteiger partial charge in [0.2, 0.25) is 5.95 Å². The molecule has 3 heterocycles. The lowest BCUT2D eigenvalue weighted by molar-refractivity contribution is 0.193. The zero-order valence-electron chi connectivity index (χ0n) is 9.14. The Morgan fingerprint density at radius 2 is 2.18 bits per heavy atom. The van der Waals surface area contributed by atoms with Crippen LogP contribution in [0.4, 0.5) is 10.7 Å². The Morgan fingerprint density at radius 3 is 2.88 bits per heavy atom. The molecule has 1 aromatic heterocycles. The highest BCUT2D eigenvalue weighted by atomic mass is 79.9. The van der Waals surface area contributed by atoms with E-state index in [1.165, 1.54) is 0 Å². The lowest BCUT2D eigenvalue weighted by Gasteiger charge is -2.28. The van der Waals surface area contributed by atoms with Crippen LogP contribution in [-0.4, -0.2) is 53.1 Å². The number of aromatic nitrogens is 2. The number of nitrogens with zero attached hydrogens (tertiary/aromatic N) is 4. The van der Waals surface area contributed by atoms with Crippen LogP contribution in [0.3, 0.4) is 0 Å². The van der Waals surface area contributed by atoms with Crippen LogP contribution >= 0.6 is 15.9 Å². The number of anilines is 1. The summed E-state index contributed by atoms with van der Waals surface area (Å²) in [6.45, 7) is 3.13. The number of carbonyl (C=O) groups excluding carboxylic acids is 1. The number of carbonyl (C=O) groups is 1. The lowest BCUT2D eigenvalue weighted by atomic mass is 10.2. The Bertz CT molecular complexity index is 437. The van der Waals surface area contributed by atoms with Crippen molar-refractivity contribution < 1.29 is 4.79 Å². The first-order valence-corrected chi connectivity index (χ1v) is 6.31. The second-order valence-electron chi connectivity index (χ2n) is 4.15. The third kappa shape index (κ3) is 1.89. The summed E-state index contributed by atoms with van der Waals surface area (Å²) < 4.78 is 0.812. The standard InChI is InChI=1S/C10H12BrN5O/c11-7-3-13-9(14-4-7)16-6-8-5-12-1-2-15(8)10(16)17/h3-4,8,12H,1-2,5-6H2/t8-/m1/s1. The third-order valence-corrected chi connectivity index (χ3v) is 3.48. The van der Waals surface area contributed by atoms with Gasteiger partial charge in [-0.3, -0.25) is 4.90 Å². The van der Waals surface area contributed by atoms with Crippen molar-refractivity contribution in [2.45, 2.75) is 6.04 Å². The van der Waals surface area contributed by atoms with Gasteiger partial charge in [0.25, 0.3) is 0 Å². The molecule has 0 aromatic carbocycles. The van der Waals surface area contributed by atoms with E-state index in [4.69, 9.17) is 0 Å². The zero-order chi connectivity index (χ0) is 11.8. The molecule has 2 aliphatic rings. The molecule has 1 aromatic rings. The number of urea groups is 1. The molecule has 1 atom stereocenters. The fourth-order valence-corrected chi connectivity index (χ4v) is 2.44. The van der Waals surface area contributed by atoms with Crippen molar-refractivity contribution in [2.75, 3.05) is 31.1 Å². The highest BCUT2D eigenvalue weighted by Crippen LogP contribution is 2.21. The average Bonchev–Trinajstić information content (AvgIpc) is 2.69. The molecular formula is C10H12BrN5O. The predicted molar refractivity (Wildman–Crippen MR) is 65.8 cm³/mol. The largest absolute Gasteiger partial charge is 0.327 e. The van der Waals surface area contributed by atoms with Crippen LogP contribution in [0.5, 0.6) is 0 Å². The van der Waals surface area contributed by atoms with Gasteiger partial charge in [0.05, 0.1) is 17.1 Å². The number of hydrogen-bond donors (Lipinski definition) is 1. The molecule has 0 unspecified atom stereocenters. The van der Waals surface area contributed by atoms with Crippen molar-refractivity contribution in [3.8, 4) is 0 Å². The number of hydrogen-bond acceptors (Lipinski definition) is 4. The van der Waals surface area contributed by atoms with E-state index < -0.39 is 0 Å². The van der Waals surface area contributed by atoms with Crippen LogP contribution in [-0.2, 0) is 0 Å². The maximum Gasteiger partial charge on any atom is 0.327 e. The molecule has 90 valence electrons. The van der Waals surface area contributed by atoms with Gasteiger partial charge in [0.1, 0.15) is 0 Å². The molecule has 0 saturated carbocycles. The topological polar surface area (TPSA) is 61.4 Å². The summed E-state index contributed by atoms with van der Waals surface area (Å²) in [4.78, 5) is 24.0. The van der Waals surface area contributed by atoms with Gasteiger partial charge >= 0.3 is 6.03 Å². The van der Waals surface area contributed by atoms with E-state index >= 15 is 0 Å². The number of halogens is 1. The van der Waals surface area contributed by atoms with Gasteiger partial charge in [0, 0.05) is 32.0 Å². The quantitative estimate of drug-likeness (QED) is 0.818. The molecule has 6 nitrogen and oxygen atoms in total. The minimum absolute atomic E-state index is 0.0128. The van der Waals surface area contributed by atoms with Crippen molar-refractivity contribution in [1.29, 1.82) is 0 Å². The van der Waals surface area contributed by atoms with Gasteiger partial charge in [-0.2, -0.15) is 0 Å². The van der Waals surface area contributed by atoms with Crippen molar-refractivity contribution in [3.63, 3.8) is 0 Å². The zero-order valence-corrected chi connectivity index (χ0v) is 10.7. The highest BCUT2D eigenvalue weighted by Gasteiger charge is 2.40. The van der Waals surface area contributed by atoms with Gasteiger partial charge in [-0.1, -0.05) is 0 Å². The van der Waals surface area contributed by atoms with E-state index in [2.05, 4.69) is 31.2 Å². The normalized spacial score (nSPS) is 24.1. The first kappa shape index (κ1) is 10.9. The number of piperazine rings is 1.